The molecule has 1 N–H and O–H groups in total. The van der Waals surface area contributed by atoms with E-state index in [0.717, 1.165) is 32.6 Å². The lowest BCUT2D eigenvalue weighted by atomic mass is 10.1. The highest BCUT2D eigenvalue weighted by molar-refractivity contribution is 4.77. The number of nitrogens with zero attached hydrogens (tertiary/aromatic N) is 1. The molecule has 0 bridgehead atoms. The van der Waals surface area contributed by atoms with Gasteiger partial charge in [-0.2, -0.15) is 0 Å². The molecule has 2 aliphatic heterocycles. The van der Waals surface area contributed by atoms with Crippen LogP contribution in [0.5, 0.6) is 0 Å². The average Bonchev–Trinajstić information content (AvgIpc) is 2.98. The second kappa shape index (κ2) is 10.5. The number of likely N-dealkylation sites (tertiary alicyclic amines) is 1. The van der Waals surface area contributed by atoms with Crippen molar-refractivity contribution < 1.29 is 14.6 Å². The monoisotopic (exact) mass is 299 g/mol. The first-order chi connectivity index (χ1) is 10.4. The predicted molar refractivity (Wildman–Crippen MR) is 84.3 cm³/mol. The lowest BCUT2D eigenvalue weighted by Gasteiger charge is -2.23. The molecule has 2 saturated heterocycles. The molecule has 4 heteroatoms. The van der Waals surface area contributed by atoms with Gasteiger partial charge in [-0.1, -0.05) is 19.3 Å². The summed E-state index contributed by atoms with van der Waals surface area (Å²) in [5, 5.41) is 9.28. The molecule has 0 saturated carbocycles. The van der Waals surface area contributed by atoms with E-state index in [-0.39, 0.29) is 6.29 Å². The SMILES string of the molecule is OC[C@@H]1CCCN1CCCCCCCOC1CCCCO1. The summed E-state index contributed by atoms with van der Waals surface area (Å²) in [5.74, 6) is 0. The van der Waals surface area contributed by atoms with Crippen LogP contribution in [-0.4, -0.2) is 55.2 Å². The van der Waals surface area contributed by atoms with E-state index < -0.39 is 0 Å². The summed E-state index contributed by atoms with van der Waals surface area (Å²) >= 11 is 0. The third-order valence-electron chi connectivity index (χ3n) is 4.74. The van der Waals surface area contributed by atoms with Gasteiger partial charge in [0.05, 0.1) is 6.61 Å². The van der Waals surface area contributed by atoms with Crippen molar-refractivity contribution >= 4 is 0 Å². The number of aliphatic hydroxyl groups is 1. The molecule has 21 heavy (non-hydrogen) atoms. The number of hydrogen-bond acceptors (Lipinski definition) is 4. The molecular formula is C17H33NO3. The van der Waals surface area contributed by atoms with Crippen molar-refractivity contribution in [2.75, 3.05) is 32.9 Å². The molecule has 4 nitrogen and oxygen atoms in total. The molecule has 2 heterocycles. The van der Waals surface area contributed by atoms with Gasteiger partial charge in [-0.15, -0.1) is 0 Å². The molecule has 2 rings (SSSR count). The standard InChI is InChI=1S/C17H33NO3/c19-15-16-9-8-12-18(16)11-5-2-1-3-6-13-20-17-10-4-7-14-21-17/h16-17,19H,1-15H2/t16-,17?/m0/s1. The first kappa shape index (κ1) is 17.2. The minimum atomic E-state index is 0.0735. The van der Waals surface area contributed by atoms with Gasteiger partial charge in [0.2, 0.25) is 0 Å². The van der Waals surface area contributed by atoms with Gasteiger partial charge in [-0.25, -0.2) is 0 Å². The average molecular weight is 299 g/mol. The van der Waals surface area contributed by atoms with Crippen LogP contribution in [0.4, 0.5) is 0 Å². The van der Waals surface area contributed by atoms with E-state index in [1.54, 1.807) is 0 Å². The van der Waals surface area contributed by atoms with Gasteiger partial charge in [-0.3, -0.25) is 4.90 Å². The molecule has 124 valence electrons. The highest BCUT2D eigenvalue weighted by Gasteiger charge is 2.22. The zero-order valence-electron chi connectivity index (χ0n) is 13.5. The van der Waals surface area contributed by atoms with Crippen molar-refractivity contribution in [3.63, 3.8) is 0 Å². The molecule has 2 aliphatic rings. The Labute approximate surface area is 129 Å². The minimum absolute atomic E-state index is 0.0735. The van der Waals surface area contributed by atoms with Gasteiger partial charge in [0.25, 0.3) is 0 Å². The van der Waals surface area contributed by atoms with Crippen molar-refractivity contribution in [3.8, 4) is 0 Å². The van der Waals surface area contributed by atoms with Gasteiger partial charge in [0.15, 0.2) is 6.29 Å². The van der Waals surface area contributed by atoms with Crippen LogP contribution in [0.15, 0.2) is 0 Å². The van der Waals surface area contributed by atoms with Crippen molar-refractivity contribution in [2.24, 2.45) is 0 Å². The number of rotatable bonds is 10. The number of aliphatic hydroxyl groups excluding tert-OH is 1. The number of hydrogen-bond donors (Lipinski definition) is 1. The summed E-state index contributed by atoms with van der Waals surface area (Å²) < 4.78 is 11.3. The molecule has 0 aromatic rings. The van der Waals surface area contributed by atoms with Crippen LogP contribution < -0.4 is 0 Å². The topological polar surface area (TPSA) is 41.9 Å². The van der Waals surface area contributed by atoms with Gasteiger partial charge < -0.3 is 14.6 Å². The van der Waals surface area contributed by atoms with E-state index >= 15 is 0 Å². The first-order valence-corrected chi connectivity index (χ1v) is 8.98. The van der Waals surface area contributed by atoms with Crippen LogP contribution in [0, 0.1) is 0 Å². The molecule has 0 radical (unpaired) electrons. The fraction of sp³-hybridized carbons (Fsp3) is 1.00. The van der Waals surface area contributed by atoms with Crippen molar-refractivity contribution in [1.82, 2.24) is 4.90 Å². The summed E-state index contributed by atoms with van der Waals surface area (Å²) in [6, 6.07) is 0.439. The second-order valence-electron chi connectivity index (χ2n) is 6.45. The predicted octanol–water partition coefficient (Wildman–Crippen LogP) is 2.94. The van der Waals surface area contributed by atoms with Crippen LogP contribution in [0.1, 0.15) is 64.2 Å². The maximum Gasteiger partial charge on any atom is 0.157 e. The smallest absolute Gasteiger partial charge is 0.157 e. The van der Waals surface area contributed by atoms with E-state index in [0.29, 0.717) is 12.6 Å². The zero-order valence-corrected chi connectivity index (χ0v) is 13.5. The minimum Gasteiger partial charge on any atom is -0.395 e. The lowest BCUT2D eigenvalue weighted by molar-refractivity contribution is -0.162. The van der Waals surface area contributed by atoms with E-state index in [1.807, 2.05) is 0 Å². The van der Waals surface area contributed by atoms with Crippen LogP contribution in [0.3, 0.4) is 0 Å². The summed E-state index contributed by atoms with van der Waals surface area (Å²) in [5.41, 5.74) is 0. The third-order valence-corrected chi connectivity index (χ3v) is 4.74. The normalized spacial score (nSPS) is 27.3. The molecule has 0 aromatic carbocycles. The summed E-state index contributed by atoms with van der Waals surface area (Å²) in [6.45, 7) is 4.40. The highest BCUT2D eigenvalue weighted by atomic mass is 16.7. The molecule has 0 spiro atoms. The molecular weight excluding hydrogens is 266 g/mol. The number of unbranched alkanes of at least 4 members (excludes halogenated alkanes) is 4. The van der Waals surface area contributed by atoms with Crippen LogP contribution in [0.2, 0.25) is 0 Å². The highest BCUT2D eigenvalue weighted by Crippen LogP contribution is 2.18. The second-order valence-corrected chi connectivity index (χ2v) is 6.45. The largest absolute Gasteiger partial charge is 0.395 e. The van der Waals surface area contributed by atoms with Crippen LogP contribution >= 0.6 is 0 Å². The lowest BCUT2D eigenvalue weighted by Crippen LogP contribution is -2.32. The summed E-state index contributed by atoms with van der Waals surface area (Å²) in [6.07, 6.45) is 12.3. The Kier molecular flexibility index (Phi) is 8.64. The molecule has 2 fully saturated rings. The van der Waals surface area contributed by atoms with E-state index in [2.05, 4.69) is 4.90 Å². The van der Waals surface area contributed by atoms with Crippen molar-refractivity contribution in [1.29, 1.82) is 0 Å². The van der Waals surface area contributed by atoms with E-state index in [4.69, 9.17) is 9.47 Å². The molecule has 0 aromatic heterocycles. The fourth-order valence-corrected chi connectivity index (χ4v) is 3.40. The maximum atomic E-state index is 9.28. The van der Waals surface area contributed by atoms with Gasteiger partial charge in [-0.05, 0) is 58.0 Å². The first-order valence-electron chi connectivity index (χ1n) is 8.98. The van der Waals surface area contributed by atoms with Crippen molar-refractivity contribution in [3.05, 3.63) is 0 Å². The Balaban J connectivity index is 1.36. The van der Waals surface area contributed by atoms with E-state index in [1.165, 1.54) is 57.9 Å². The Morgan fingerprint density at radius 3 is 2.67 bits per heavy atom. The van der Waals surface area contributed by atoms with E-state index in [9.17, 15) is 5.11 Å². The quantitative estimate of drug-likeness (QED) is 0.630. The fourth-order valence-electron chi connectivity index (χ4n) is 3.40. The maximum absolute atomic E-state index is 9.28. The van der Waals surface area contributed by atoms with Gasteiger partial charge in [0.1, 0.15) is 0 Å². The molecule has 0 amide bonds. The third kappa shape index (κ3) is 6.64. The Hall–Kier alpha value is -0.160. The van der Waals surface area contributed by atoms with Gasteiger partial charge >= 0.3 is 0 Å². The summed E-state index contributed by atoms with van der Waals surface area (Å²) in [4.78, 5) is 2.46. The Morgan fingerprint density at radius 1 is 1.00 bits per heavy atom. The zero-order chi connectivity index (χ0) is 14.8. The van der Waals surface area contributed by atoms with Crippen LogP contribution in [0.25, 0.3) is 0 Å². The number of ether oxygens (including phenoxy) is 2. The summed E-state index contributed by atoms with van der Waals surface area (Å²) in [7, 11) is 0. The molecule has 1 unspecified atom stereocenters. The Morgan fingerprint density at radius 2 is 1.86 bits per heavy atom. The van der Waals surface area contributed by atoms with Crippen molar-refractivity contribution in [2.45, 2.75) is 76.5 Å². The van der Waals surface area contributed by atoms with Crippen LogP contribution in [-0.2, 0) is 9.47 Å². The molecule has 2 atom stereocenters. The Bertz CT molecular complexity index is 256. The van der Waals surface area contributed by atoms with Gasteiger partial charge in [0, 0.05) is 19.3 Å². The molecule has 0 aliphatic carbocycles.